The van der Waals surface area contributed by atoms with E-state index in [9.17, 15) is 22.8 Å². The number of hydrogen-bond donors (Lipinski definition) is 1. The topological polar surface area (TPSA) is 49.4 Å². The van der Waals surface area contributed by atoms with Crippen LogP contribution in [0.2, 0.25) is 0 Å². The van der Waals surface area contributed by atoms with E-state index in [4.69, 9.17) is 0 Å². The molecule has 0 aromatic heterocycles. The van der Waals surface area contributed by atoms with Crippen LogP contribution >= 0.6 is 0 Å². The summed E-state index contributed by atoms with van der Waals surface area (Å²) in [7, 11) is 0. The van der Waals surface area contributed by atoms with Crippen LogP contribution in [0.1, 0.15) is 24.2 Å². The van der Waals surface area contributed by atoms with E-state index in [1.54, 1.807) is 13.8 Å². The number of rotatable bonds is 5. The molecule has 0 atom stereocenters. The zero-order valence-corrected chi connectivity index (χ0v) is 11.2. The number of nitrogens with zero attached hydrogens (tertiary/aromatic N) is 1. The first-order chi connectivity index (χ1) is 9.40. The minimum absolute atomic E-state index is 0.291. The molecule has 0 saturated heterocycles. The average Bonchev–Trinajstić information content (AvgIpc) is 2.42. The highest BCUT2D eigenvalue weighted by molar-refractivity contribution is 5.96. The predicted molar refractivity (Wildman–Crippen MR) is 66.6 cm³/mol. The zero-order valence-electron chi connectivity index (χ0n) is 11.2. The van der Waals surface area contributed by atoms with Crippen LogP contribution in [-0.4, -0.2) is 36.3 Å². The lowest BCUT2D eigenvalue weighted by Gasteiger charge is -2.18. The highest BCUT2D eigenvalue weighted by atomic mass is 19.2. The molecule has 110 valence electrons. The van der Waals surface area contributed by atoms with Crippen LogP contribution in [0.25, 0.3) is 0 Å². The number of carbonyl (C=O) groups excluding carboxylic acids is 2. The van der Waals surface area contributed by atoms with Crippen LogP contribution in [0.3, 0.4) is 0 Å². The molecule has 0 fully saturated rings. The van der Waals surface area contributed by atoms with Gasteiger partial charge in [-0.1, -0.05) is 0 Å². The van der Waals surface area contributed by atoms with E-state index in [2.05, 4.69) is 5.32 Å². The van der Waals surface area contributed by atoms with Gasteiger partial charge in [0.05, 0.1) is 6.54 Å². The highest BCUT2D eigenvalue weighted by Crippen LogP contribution is 2.13. The maximum Gasteiger partial charge on any atom is 0.251 e. The van der Waals surface area contributed by atoms with Gasteiger partial charge in [0.2, 0.25) is 5.91 Å². The number of halogens is 3. The Bertz CT molecular complexity index is 493. The Kier molecular flexibility index (Phi) is 5.54. The fourth-order valence-electron chi connectivity index (χ4n) is 1.63. The van der Waals surface area contributed by atoms with Crippen LogP contribution < -0.4 is 5.32 Å². The summed E-state index contributed by atoms with van der Waals surface area (Å²) in [5, 5.41) is 2.24. The van der Waals surface area contributed by atoms with Gasteiger partial charge in [0.15, 0.2) is 17.5 Å². The van der Waals surface area contributed by atoms with Gasteiger partial charge >= 0.3 is 0 Å². The van der Waals surface area contributed by atoms with E-state index >= 15 is 0 Å². The van der Waals surface area contributed by atoms with E-state index in [1.165, 1.54) is 4.90 Å². The molecule has 0 unspecified atom stereocenters. The number of benzene rings is 1. The number of likely N-dealkylation sites (N-methyl/N-ethyl adjacent to an activating group) is 1. The Morgan fingerprint density at radius 3 is 2.05 bits per heavy atom. The highest BCUT2D eigenvalue weighted by Gasteiger charge is 2.16. The fraction of sp³-hybridized carbons (Fsp3) is 0.385. The standard InChI is InChI=1S/C13H15F3N2O2/c1-3-18(4-2)11(19)7-17-13(20)8-5-9(14)12(16)10(15)6-8/h5-6H,3-4,7H2,1-2H3,(H,17,20). The molecule has 0 aliphatic carbocycles. The third-order valence-corrected chi connectivity index (χ3v) is 2.76. The number of hydrogen-bond acceptors (Lipinski definition) is 2. The summed E-state index contributed by atoms with van der Waals surface area (Å²) in [4.78, 5) is 24.8. The van der Waals surface area contributed by atoms with Crippen molar-refractivity contribution in [3.05, 3.63) is 35.1 Å². The predicted octanol–water partition coefficient (Wildman–Crippen LogP) is 1.70. The third-order valence-electron chi connectivity index (χ3n) is 2.76. The van der Waals surface area contributed by atoms with Crippen LogP contribution in [0, 0.1) is 17.5 Å². The minimum Gasteiger partial charge on any atom is -0.343 e. The van der Waals surface area contributed by atoms with Crippen molar-refractivity contribution in [1.29, 1.82) is 0 Å². The first-order valence-electron chi connectivity index (χ1n) is 6.11. The molecule has 1 aromatic carbocycles. The summed E-state index contributed by atoms with van der Waals surface area (Å²) >= 11 is 0. The molecule has 4 nitrogen and oxygen atoms in total. The quantitative estimate of drug-likeness (QED) is 0.838. The minimum atomic E-state index is -1.64. The van der Waals surface area contributed by atoms with Gasteiger partial charge < -0.3 is 10.2 Å². The molecule has 1 aromatic rings. The van der Waals surface area contributed by atoms with E-state index in [0.29, 0.717) is 25.2 Å². The molecule has 0 radical (unpaired) electrons. The summed E-state index contributed by atoms with van der Waals surface area (Å²) in [5.41, 5.74) is -0.381. The van der Waals surface area contributed by atoms with Gasteiger partial charge in [-0.15, -0.1) is 0 Å². The second kappa shape index (κ2) is 6.93. The van der Waals surface area contributed by atoms with Crippen molar-refractivity contribution in [2.45, 2.75) is 13.8 Å². The Balaban J connectivity index is 2.71. The van der Waals surface area contributed by atoms with E-state index < -0.39 is 23.4 Å². The van der Waals surface area contributed by atoms with E-state index in [0.717, 1.165) is 0 Å². The van der Waals surface area contributed by atoms with Gasteiger partial charge in [0.1, 0.15) is 0 Å². The first-order valence-corrected chi connectivity index (χ1v) is 6.11. The molecule has 0 aliphatic rings. The molecule has 20 heavy (non-hydrogen) atoms. The fourth-order valence-corrected chi connectivity index (χ4v) is 1.63. The summed E-state index contributed by atoms with van der Waals surface area (Å²) < 4.78 is 38.7. The molecule has 2 amide bonds. The maximum absolute atomic E-state index is 13.0. The number of carbonyl (C=O) groups is 2. The Morgan fingerprint density at radius 1 is 1.10 bits per heavy atom. The van der Waals surface area contributed by atoms with Crippen molar-refractivity contribution >= 4 is 11.8 Å². The molecular weight excluding hydrogens is 273 g/mol. The molecule has 0 spiro atoms. The molecular formula is C13H15F3N2O2. The maximum atomic E-state index is 13.0. The average molecular weight is 288 g/mol. The smallest absolute Gasteiger partial charge is 0.251 e. The summed E-state index contributed by atoms with van der Waals surface area (Å²) in [6, 6.07) is 1.16. The van der Waals surface area contributed by atoms with Crippen molar-refractivity contribution in [3.8, 4) is 0 Å². The van der Waals surface area contributed by atoms with Gasteiger partial charge in [0, 0.05) is 18.7 Å². The Labute approximate surface area is 114 Å². The first kappa shape index (κ1) is 16.0. The Morgan fingerprint density at radius 2 is 1.60 bits per heavy atom. The van der Waals surface area contributed by atoms with Crippen molar-refractivity contribution in [2.75, 3.05) is 19.6 Å². The largest absolute Gasteiger partial charge is 0.343 e. The van der Waals surface area contributed by atoms with Crippen LogP contribution in [0.5, 0.6) is 0 Å². The number of nitrogens with one attached hydrogen (secondary N) is 1. The van der Waals surface area contributed by atoms with Gasteiger partial charge in [-0.05, 0) is 26.0 Å². The molecule has 7 heteroatoms. The summed E-state index contributed by atoms with van der Waals surface area (Å²) in [5.74, 6) is -5.70. The lowest BCUT2D eigenvalue weighted by molar-refractivity contribution is -0.129. The van der Waals surface area contributed by atoms with Crippen molar-refractivity contribution in [1.82, 2.24) is 10.2 Å². The normalized spacial score (nSPS) is 10.2. The van der Waals surface area contributed by atoms with Crippen LogP contribution in [0.15, 0.2) is 12.1 Å². The SMILES string of the molecule is CCN(CC)C(=O)CNC(=O)c1cc(F)c(F)c(F)c1. The second-order valence-electron chi connectivity index (χ2n) is 4.00. The monoisotopic (exact) mass is 288 g/mol. The van der Waals surface area contributed by atoms with Crippen molar-refractivity contribution < 1.29 is 22.8 Å². The molecule has 0 saturated carbocycles. The van der Waals surface area contributed by atoms with Crippen LogP contribution in [0.4, 0.5) is 13.2 Å². The summed E-state index contributed by atoms with van der Waals surface area (Å²) in [6.45, 7) is 4.26. The van der Waals surface area contributed by atoms with E-state index in [1.807, 2.05) is 0 Å². The van der Waals surface area contributed by atoms with Gasteiger partial charge in [-0.2, -0.15) is 0 Å². The lowest BCUT2D eigenvalue weighted by atomic mass is 10.2. The Hall–Kier alpha value is -2.05. The van der Waals surface area contributed by atoms with Gasteiger partial charge in [0.25, 0.3) is 5.91 Å². The number of amides is 2. The summed E-state index contributed by atoms with van der Waals surface area (Å²) in [6.07, 6.45) is 0. The van der Waals surface area contributed by atoms with Gasteiger partial charge in [-0.25, -0.2) is 13.2 Å². The molecule has 1 rings (SSSR count). The zero-order chi connectivity index (χ0) is 15.3. The molecule has 1 N–H and O–H groups in total. The molecule has 0 aliphatic heterocycles. The van der Waals surface area contributed by atoms with E-state index in [-0.39, 0.29) is 18.0 Å². The third kappa shape index (κ3) is 3.72. The molecule has 0 heterocycles. The molecule has 0 bridgehead atoms. The van der Waals surface area contributed by atoms with Crippen LogP contribution in [-0.2, 0) is 4.79 Å². The van der Waals surface area contributed by atoms with Crippen molar-refractivity contribution in [3.63, 3.8) is 0 Å². The second-order valence-corrected chi connectivity index (χ2v) is 4.00. The van der Waals surface area contributed by atoms with Gasteiger partial charge in [-0.3, -0.25) is 9.59 Å². The lowest BCUT2D eigenvalue weighted by Crippen LogP contribution is -2.40. The van der Waals surface area contributed by atoms with Crippen molar-refractivity contribution in [2.24, 2.45) is 0 Å².